The topological polar surface area (TPSA) is 45.5 Å². The summed E-state index contributed by atoms with van der Waals surface area (Å²) < 4.78 is 0. The Balaban J connectivity index is 2.08. The number of aliphatic imine (C=N–C) groups is 1. The highest BCUT2D eigenvalue weighted by Gasteiger charge is 2.18. The van der Waals surface area contributed by atoms with Crippen molar-refractivity contribution >= 4 is 22.8 Å². The standard InChI is InChI=1S/C22H24N2O/c1-14-7-6-8-15(2)20(14)23-13-16-9-10-17-18(22(3,4)5)11-12-19(25)21(17)24-16/h6-13,25H,1-5H3. The van der Waals surface area contributed by atoms with Gasteiger partial charge >= 0.3 is 0 Å². The number of aryl methyl sites for hydroxylation is 2. The summed E-state index contributed by atoms with van der Waals surface area (Å²) in [6.45, 7) is 10.6. The number of aromatic nitrogens is 1. The number of rotatable bonds is 2. The maximum atomic E-state index is 10.3. The van der Waals surface area contributed by atoms with Crippen LogP contribution in [0.3, 0.4) is 0 Å². The lowest BCUT2D eigenvalue weighted by Gasteiger charge is -2.21. The van der Waals surface area contributed by atoms with Gasteiger partial charge in [-0.2, -0.15) is 0 Å². The fraction of sp³-hybridized carbons (Fsp3) is 0.273. The second kappa shape index (κ2) is 6.32. The molecule has 0 bridgehead atoms. The molecule has 128 valence electrons. The molecule has 0 fully saturated rings. The van der Waals surface area contributed by atoms with Crippen molar-refractivity contribution in [2.75, 3.05) is 0 Å². The summed E-state index contributed by atoms with van der Waals surface area (Å²) in [7, 11) is 0. The molecule has 0 unspecified atom stereocenters. The molecular formula is C22H24N2O. The minimum atomic E-state index is -0.0124. The maximum Gasteiger partial charge on any atom is 0.141 e. The third-order valence-corrected chi connectivity index (χ3v) is 4.43. The zero-order valence-electron chi connectivity index (χ0n) is 15.5. The van der Waals surface area contributed by atoms with Crippen molar-refractivity contribution in [2.24, 2.45) is 4.99 Å². The third kappa shape index (κ3) is 3.41. The van der Waals surface area contributed by atoms with Gasteiger partial charge in [-0.15, -0.1) is 0 Å². The van der Waals surface area contributed by atoms with E-state index in [-0.39, 0.29) is 11.2 Å². The molecule has 0 aliphatic carbocycles. The number of pyridine rings is 1. The number of nitrogens with zero attached hydrogens (tertiary/aromatic N) is 2. The summed E-state index contributed by atoms with van der Waals surface area (Å²) in [5, 5.41) is 11.2. The van der Waals surface area contributed by atoms with Gasteiger partial charge in [-0.1, -0.05) is 51.1 Å². The average Bonchev–Trinajstić information content (AvgIpc) is 2.54. The molecular weight excluding hydrogens is 308 g/mol. The molecule has 0 atom stereocenters. The molecule has 0 amide bonds. The normalized spacial score (nSPS) is 12.2. The predicted octanol–water partition coefficient (Wildman–Crippen LogP) is 5.61. The van der Waals surface area contributed by atoms with Crippen molar-refractivity contribution in [2.45, 2.75) is 40.0 Å². The smallest absolute Gasteiger partial charge is 0.141 e. The van der Waals surface area contributed by atoms with E-state index in [1.807, 2.05) is 24.3 Å². The van der Waals surface area contributed by atoms with Gasteiger partial charge in [0.2, 0.25) is 0 Å². The zero-order chi connectivity index (χ0) is 18.2. The number of phenols is 1. The van der Waals surface area contributed by atoms with E-state index in [0.717, 1.165) is 27.9 Å². The lowest BCUT2D eigenvalue weighted by molar-refractivity contribution is 0.479. The first-order chi connectivity index (χ1) is 11.8. The summed E-state index contributed by atoms with van der Waals surface area (Å²) in [5.41, 5.74) is 5.75. The van der Waals surface area contributed by atoms with Gasteiger partial charge in [0.05, 0.1) is 17.6 Å². The van der Waals surface area contributed by atoms with Gasteiger partial charge in [0.1, 0.15) is 11.3 Å². The van der Waals surface area contributed by atoms with E-state index in [4.69, 9.17) is 0 Å². The van der Waals surface area contributed by atoms with E-state index in [2.05, 4.69) is 56.7 Å². The summed E-state index contributed by atoms with van der Waals surface area (Å²) >= 11 is 0. The molecule has 0 saturated carbocycles. The molecule has 1 heterocycles. The molecule has 1 aromatic heterocycles. The highest BCUT2D eigenvalue weighted by Crippen LogP contribution is 2.33. The Hall–Kier alpha value is -2.68. The van der Waals surface area contributed by atoms with Crippen LogP contribution >= 0.6 is 0 Å². The average molecular weight is 332 g/mol. The van der Waals surface area contributed by atoms with Gasteiger partial charge in [0.25, 0.3) is 0 Å². The van der Waals surface area contributed by atoms with Crippen LogP contribution < -0.4 is 0 Å². The van der Waals surface area contributed by atoms with Crippen molar-refractivity contribution < 1.29 is 5.11 Å². The first-order valence-electron chi connectivity index (χ1n) is 8.51. The Bertz CT molecular complexity index is 945. The van der Waals surface area contributed by atoms with Crippen molar-refractivity contribution in [3.05, 3.63) is 64.8 Å². The number of phenolic OH excluding ortho intramolecular Hbond substituents is 1. The van der Waals surface area contributed by atoms with E-state index in [9.17, 15) is 5.11 Å². The lowest BCUT2D eigenvalue weighted by Crippen LogP contribution is -2.11. The molecule has 3 rings (SSSR count). The second-order valence-electron chi connectivity index (χ2n) is 7.51. The van der Waals surface area contributed by atoms with Crippen LogP contribution in [0.2, 0.25) is 0 Å². The molecule has 0 spiro atoms. The molecule has 3 aromatic rings. The van der Waals surface area contributed by atoms with Gasteiger partial charge in [-0.05, 0) is 48.1 Å². The zero-order valence-corrected chi connectivity index (χ0v) is 15.5. The van der Waals surface area contributed by atoms with Crippen molar-refractivity contribution in [1.29, 1.82) is 0 Å². The monoisotopic (exact) mass is 332 g/mol. The summed E-state index contributed by atoms with van der Waals surface area (Å²) in [6.07, 6.45) is 1.76. The first-order valence-corrected chi connectivity index (χ1v) is 8.51. The lowest BCUT2D eigenvalue weighted by atomic mass is 9.84. The Morgan fingerprint density at radius 3 is 2.28 bits per heavy atom. The van der Waals surface area contributed by atoms with Crippen LogP contribution in [0, 0.1) is 13.8 Å². The molecule has 1 N–H and O–H groups in total. The van der Waals surface area contributed by atoms with Gasteiger partial charge in [-0.3, -0.25) is 4.99 Å². The number of aromatic hydroxyl groups is 1. The number of para-hydroxylation sites is 1. The van der Waals surface area contributed by atoms with Crippen molar-refractivity contribution in [1.82, 2.24) is 4.98 Å². The quantitative estimate of drug-likeness (QED) is 0.620. The summed E-state index contributed by atoms with van der Waals surface area (Å²) in [5.74, 6) is 0.199. The number of benzene rings is 2. The summed E-state index contributed by atoms with van der Waals surface area (Å²) in [4.78, 5) is 9.24. The molecule has 0 aliphatic rings. The maximum absolute atomic E-state index is 10.3. The minimum absolute atomic E-state index is 0.0124. The number of fused-ring (bicyclic) bond motifs is 1. The van der Waals surface area contributed by atoms with Gasteiger partial charge < -0.3 is 5.11 Å². The van der Waals surface area contributed by atoms with Crippen LogP contribution in [0.1, 0.15) is 43.2 Å². The van der Waals surface area contributed by atoms with E-state index in [1.54, 1.807) is 12.3 Å². The minimum Gasteiger partial charge on any atom is -0.506 e. The first kappa shape index (κ1) is 17.2. The fourth-order valence-electron chi connectivity index (χ4n) is 3.08. The summed E-state index contributed by atoms with van der Waals surface area (Å²) in [6, 6.07) is 13.8. The van der Waals surface area contributed by atoms with E-state index in [1.165, 1.54) is 5.56 Å². The van der Waals surface area contributed by atoms with Crippen LogP contribution in [0.5, 0.6) is 5.75 Å². The highest BCUT2D eigenvalue weighted by molar-refractivity contribution is 5.92. The van der Waals surface area contributed by atoms with Crippen LogP contribution in [0.25, 0.3) is 10.9 Å². The second-order valence-corrected chi connectivity index (χ2v) is 7.51. The molecule has 0 saturated heterocycles. The Labute approximate surface area is 149 Å². The molecule has 0 radical (unpaired) electrons. The van der Waals surface area contributed by atoms with Crippen molar-refractivity contribution in [3.63, 3.8) is 0 Å². The van der Waals surface area contributed by atoms with E-state index in [0.29, 0.717) is 5.52 Å². The van der Waals surface area contributed by atoms with E-state index >= 15 is 0 Å². The molecule has 25 heavy (non-hydrogen) atoms. The SMILES string of the molecule is Cc1cccc(C)c1N=Cc1ccc2c(C(C)(C)C)ccc(O)c2n1. The third-order valence-electron chi connectivity index (χ3n) is 4.43. The Morgan fingerprint density at radius 1 is 0.960 bits per heavy atom. The predicted molar refractivity (Wildman–Crippen MR) is 105 cm³/mol. The number of hydrogen-bond acceptors (Lipinski definition) is 3. The van der Waals surface area contributed by atoms with Crippen molar-refractivity contribution in [3.8, 4) is 5.75 Å². The molecule has 3 heteroatoms. The van der Waals surface area contributed by atoms with Crippen LogP contribution in [0.4, 0.5) is 5.69 Å². The Morgan fingerprint density at radius 2 is 1.64 bits per heavy atom. The highest BCUT2D eigenvalue weighted by atomic mass is 16.3. The molecule has 3 nitrogen and oxygen atoms in total. The molecule has 2 aromatic carbocycles. The van der Waals surface area contributed by atoms with Crippen LogP contribution in [-0.2, 0) is 5.41 Å². The van der Waals surface area contributed by atoms with Gasteiger partial charge in [-0.25, -0.2) is 4.98 Å². The van der Waals surface area contributed by atoms with E-state index < -0.39 is 0 Å². The van der Waals surface area contributed by atoms with Gasteiger partial charge in [0, 0.05) is 5.39 Å². The number of hydrogen-bond donors (Lipinski definition) is 1. The van der Waals surface area contributed by atoms with Gasteiger partial charge in [0.15, 0.2) is 0 Å². The van der Waals surface area contributed by atoms with Crippen LogP contribution in [-0.4, -0.2) is 16.3 Å². The van der Waals surface area contributed by atoms with Crippen LogP contribution in [0.15, 0.2) is 47.5 Å². The largest absolute Gasteiger partial charge is 0.506 e. The molecule has 0 aliphatic heterocycles. The Kier molecular flexibility index (Phi) is 4.34. The fourth-order valence-corrected chi connectivity index (χ4v) is 3.08.